The van der Waals surface area contributed by atoms with Gasteiger partial charge in [0.25, 0.3) is 5.91 Å². The van der Waals surface area contributed by atoms with Crippen LogP contribution in [0.1, 0.15) is 33.8 Å². The highest BCUT2D eigenvalue weighted by Crippen LogP contribution is 2.23. The van der Waals surface area contributed by atoms with Crippen molar-refractivity contribution >= 4 is 17.2 Å². The zero-order valence-electron chi connectivity index (χ0n) is 10.6. The molecule has 1 aromatic rings. The first kappa shape index (κ1) is 14.1. The maximum Gasteiger partial charge on any atom is 0.264 e. The Hall–Kier alpha value is -1.35. The van der Waals surface area contributed by atoms with Crippen LogP contribution in [-0.4, -0.2) is 46.8 Å². The number of nitrogens with zero attached hydrogens (tertiary/aromatic N) is 1. The van der Waals surface area contributed by atoms with Gasteiger partial charge in [-0.05, 0) is 31.4 Å². The highest BCUT2D eigenvalue weighted by molar-refractivity contribution is 7.14. The monoisotopic (exact) mass is 279 g/mol. The summed E-state index contributed by atoms with van der Waals surface area (Å²) in [7, 11) is 0. The number of piperidine rings is 1. The van der Waals surface area contributed by atoms with E-state index in [2.05, 4.69) is 11.8 Å². The van der Waals surface area contributed by atoms with Crippen LogP contribution in [0.5, 0.6) is 0 Å². The molecule has 1 aliphatic heterocycles. The lowest BCUT2D eigenvalue weighted by molar-refractivity contribution is 0.0508. The second kappa shape index (κ2) is 6.71. The standard InChI is InChI=1S/C14H17NO3S/c16-9-3-5-12-6-7-13(19-12)14(18)15-8-2-1-4-11(15)10-17/h6-7,11,16-17H,1-2,4,8-10H2. The topological polar surface area (TPSA) is 60.8 Å². The van der Waals surface area contributed by atoms with Crippen molar-refractivity contribution in [1.82, 2.24) is 4.90 Å². The van der Waals surface area contributed by atoms with E-state index in [4.69, 9.17) is 5.11 Å². The number of likely N-dealkylation sites (tertiary alicyclic amines) is 1. The van der Waals surface area contributed by atoms with Crippen molar-refractivity contribution in [1.29, 1.82) is 0 Å². The predicted octanol–water partition coefficient (Wildman–Crippen LogP) is 1.08. The molecular formula is C14H17NO3S. The van der Waals surface area contributed by atoms with Gasteiger partial charge >= 0.3 is 0 Å². The van der Waals surface area contributed by atoms with Crippen LogP contribution >= 0.6 is 11.3 Å². The summed E-state index contributed by atoms with van der Waals surface area (Å²) >= 11 is 1.33. The van der Waals surface area contributed by atoms with Gasteiger partial charge in [-0.25, -0.2) is 0 Å². The average Bonchev–Trinajstić information content (AvgIpc) is 2.93. The maximum absolute atomic E-state index is 12.4. The molecule has 1 fully saturated rings. The number of thiophene rings is 1. The molecule has 1 aromatic heterocycles. The van der Waals surface area contributed by atoms with Gasteiger partial charge in [0.15, 0.2) is 0 Å². The Morgan fingerprint density at radius 1 is 1.42 bits per heavy atom. The van der Waals surface area contributed by atoms with Crippen molar-refractivity contribution in [3.8, 4) is 11.8 Å². The number of carbonyl (C=O) groups excluding carboxylic acids is 1. The van der Waals surface area contributed by atoms with Crippen LogP contribution in [-0.2, 0) is 0 Å². The molecule has 19 heavy (non-hydrogen) atoms. The molecule has 2 N–H and O–H groups in total. The van der Waals surface area contributed by atoms with E-state index in [1.807, 2.05) is 0 Å². The molecule has 0 bridgehead atoms. The van der Waals surface area contributed by atoms with Gasteiger partial charge in [-0.1, -0.05) is 11.8 Å². The van der Waals surface area contributed by atoms with Crippen LogP contribution in [0.25, 0.3) is 0 Å². The summed E-state index contributed by atoms with van der Waals surface area (Å²) in [5.41, 5.74) is 0. The molecule has 1 saturated heterocycles. The molecule has 5 heteroatoms. The zero-order chi connectivity index (χ0) is 13.7. The minimum atomic E-state index is -0.181. The van der Waals surface area contributed by atoms with E-state index in [1.54, 1.807) is 17.0 Å². The van der Waals surface area contributed by atoms with Crippen LogP contribution in [0, 0.1) is 11.8 Å². The van der Waals surface area contributed by atoms with Crippen LogP contribution in [0.3, 0.4) is 0 Å². The predicted molar refractivity (Wildman–Crippen MR) is 74.0 cm³/mol. The van der Waals surface area contributed by atoms with E-state index < -0.39 is 0 Å². The highest BCUT2D eigenvalue weighted by atomic mass is 32.1. The summed E-state index contributed by atoms with van der Waals surface area (Å²) in [6.45, 7) is 0.549. The molecule has 1 aliphatic rings. The summed E-state index contributed by atoms with van der Waals surface area (Å²) in [5.74, 6) is 5.34. The fourth-order valence-electron chi connectivity index (χ4n) is 2.25. The first-order valence-corrected chi connectivity index (χ1v) is 7.19. The van der Waals surface area contributed by atoms with Crippen LogP contribution in [0.2, 0.25) is 0 Å². The molecule has 2 heterocycles. The number of aliphatic hydroxyl groups excluding tert-OH is 2. The fourth-order valence-corrected chi connectivity index (χ4v) is 3.08. The summed E-state index contributed by atoms with van der Waals surface area (Å²) in [6.07, 6.45) is 2.92. The first-order valence-electron chi connectivity index (χ1n) is 6.37. The largest absolute Gasteiger partial charge is 0.394 e. The summed E-state index contributed by atoms with van der Waals surface area (Å²) in [4.78, 5) is 15.6. The minimum absolute atomic E-state index is 0.0221. The van der Waals surface area contributed by atoms with Crippen LogP contribution in [0.15, 0.2) is 12.1 Å². The molecular weight excluding hydrogens is 262 g/mol. The smallest absolute Gasteiger partial charge is 0.264 e. The number of hydrogen-bond donors (Lipinski definition) is 2. The molecule has 1 unspecified atom stereocenters. The lowest BCUT2D eigenvalue weighted by Crippen LogP contribution is -2.45. The fraction of sp³-hybridized carbons (Fsp3) is 0.500. The van der Waals surface area contributed by atoms with Gasteiger partial charge in [-0.2, -0.15) is 0 Å². The van der Waals surface area contributed by atoms with E-state index >= 15 is 0 Å². The molecule has 1 atom stereocenters. The number of carbonyl (C=O) groups is 1. The number of amides is 1. The second-order valence-electron chi connectivity index (χ2n) is 4.45. The highest BCUT2D eigenvalue weighted by Gasteiger charge is 2.27. The van der Waals surface area contributed by atoms with Crippen molar-refractivity contribution in [3.05, 3.63) is 21.9 Å². The van der Waals surface area contributed by atoms with Crippen molar-refractivity contribution < 1.29 is 15.0 Å². The quantitative estimate of drug-likeness (QED) is 0.796. The molecule has 0 saturated carbocycles. The van der Waals surface area contributed by atoms with Gasteiger partial charge in [-0.15, -0.1) is 11.3 Å². The van der Waals surface area contributed by atoms with Gasteiger partial charge in [-0.3, -0.25) is 4.79 Å². The SMILES string of the molecule is O=C(c1ccc(C#CCO)s1)N1CCCCC1CO. The van der Waals surface area contributed by atoms with Crippen LogP contribution in [0.4, 0.5) is 0 Å². The van der Waals surface area contributed by atoms with Gasteiger partial charge in [0.05, 0.1) is 22.4 Å². The minimum Gasteiger partial charge on any atom is -0.394 e. The third kappa shape index (κ3) is 3.35. The zero-order valence-corrected chi connectivity index (χ0v) is 11.4. The van der Waals surface area contributed by atoms with E-state index in [0.29, 0.717) is 11.4 Å². The molecule has 0 radical (unpaired) electrons. The Kier molecular flexibility index (Phi) is 4.97. The second-order valence-corrected chi connectivity index (χ2v) is 5.54. The summed E-state index contributed by atoms with van der Waals surface area (Å²) < 4.78 is 0. The Balaban J connectivity index is 2.12. The molecule has 0 aromatic carbocycles. The number of hydrogen-bond acceptors (Lipinski definition) is 4. The number of rotatable bonds is 2. The molecule has 0 aliphatic carbocycles. The lowest BCUT2D eigenvalue weighted by Gasteiger charge is -2.34. The Bertz CT molecular complexity index is 500. The third-order valence-corrected chi connectivity index (χ3v) is 4.19. The normalized spacial score (nSPS) is 18.8. The van der Waals surface area contributed by atoms with E-state index in [1.165, 1.54) is 11.3 Å². The van der Waals surface area contributed by atoms with Gasteiger partial charge in [0.1, 0.15) is 6.61 Å². The lowest BCUT2D eigenvalue weighted by atomic mass is 10.0. The van der Waals surface area contributed by atoms with Gasteiger partial charge in [0.2, 0.25) is 0 Å². The van der Waals surface area contributed by atoms with E-state index in [0.717, 1.165) is 24.1 Å². The van der Waals surface area contributed by atoms with E-state index in [9.17, 15) is 9.90 Å². The molecule has 1 amide bonds. The Labute approximate surface area is 116 Å². The number of aliphatic hydroxyl groups is 2. The molecule has 102 valence electrons. The van der Waals surface area contributed by atoms with Crippen molar-refractivity contribution in [2.45, 2.75) is 25.3 Å². The third-order valence-electron chi connectivity index (χ3n) is 3.21. The van der Waals surface area contributed by atoms with Crippen molar-refractivity contribution in [3.63, 3.8) is 0 Å². The van der Waals surface area contributed by atoms with Crippen molar-refractivity contribution in [2.24, 2.45) is 0 Å². The van der Waals surface area contributed by atoms with E-state index in [-0.39, 0.29) is 25.2 Å². The molecule has 0 spiro atoms. The maximum atomic E-state index is 12.4. The Morgan fingerprint density at radius 3 is 3.00 bits per heavy atom. The van der Waals surface area contributed by atoms with Gasteiger partial charge < -0.3 is 15.1 Å². The van der Waals surface area contributed by atoms with Crippen molar-refractivity contribution in [2.75, 3.05) is 19.8 Å². The summed E-state index contributed by atoms with van der Waals surface area (Å²) in [6, 6.07) is 3.49. The first-order chi connectivity index (χ1) is 9.26. The molecule has 4 nitrogen and oxygen atoms in total. The van der Waals surface area contributed by atoms with Gasteiger partial charge in [0, 0.05) is 6.54 Å². The Morgan fingerprint density at radius 2 is 2.26 bits per heavy atom. The molecule has 2 rings (SSSR count). The average molecular weight is 279 g/mol. The van der Waals surface area contributed by atoms with Crippen LogP contribution < -0.4 is 0 Å². The summed E-state index contributed by atoms with van der Waals surface area (Å²) in [5, 5.41) is 18.0.